The lowest BCUT2D eigenvalue weighted by atomic mass is 10.2. The number of sulfonamides is 1. The molecule has 0 aliphatic carbocycles. The van der Waals surface area contributed by atoms with Crippen LogP contribution in [0.5, 0.6) is 0 Å². The Morgan fingerprint density at radius 2 is 2.12 bits per heavy atom. The number of nitrogens with one attached hydrogen (secondary N) is 2. The predicted molar refractivity (Wildman–Crippen MR) is 62.5 cm³/mol. The predicted octanol–water partition coefficient (Wildman–Crippen LogP) is 0.658. The van der Waals surface area contributed by atoms with Crippen LogP contribution in [0, 0.1) is 17.1 Å². The van der Waals surface area contributed by atoms with Crippen molar-refractivity contribution in [3.05, 3.63) is 29.6 Å². The van der Waals surface area contributed by atoms with Gasteiger partial charge in [-0.15, -0.1) is 0 Å². The minimum absolute atomic E-state index is 0.0770. The van der Waals surface area contributed by atoms with Crippen molar-refractivity contribution in [3.63, 3.8) is 0 Å². The Kier molecular flexibility index (Phi) is 4.43. The van der Waals surface area contributed by atoms with Gasteiger partial charge in [-0.25, -0.2) is 17.5 Å². The van der Waals surface area contributed by atoms with Gasteiger partial charge in [0.05, 0.1) is 11.9 Å². The number of rotatable bonds is 5. The van der Waals surface area contributed by atoms with E-state index < -0.39 is 15.8 Å². The van der Waals surface area contributed by atoms with Crippen LogP contribution in [0.3, 0.4) is 0 Å². The number of halogens is 1. The average molecular weight is 257 g/mol. The van der Waals surface area contributed by atoms with E-state index in [2.05, 4.69) is 10.0 Å². The summed E-state index contributed by atoms with van der Waals surface area (Å²) >= 11 is 0. The lowest BCUT2D eigenvalue weighted by molar-refractivity contribution is 0.589. The molecule has 1 aromatic rings. The quantitative estimate of drug-likeness (QED) is 0.759. The second kappa shape index (κ2) is 5.61. The highest BCUT2D eigenvalue weighted by atomic mass is 32.2. The maximum atomic E-state index is 13.2. The molecule has 0 fully saturated rings. The van der Waals surface area contributed by atoms with Crippen LogP contribution >= 0.6 is 0 Å². The van der Waals surface area contributed by atoms with Gasteiger partial charge in [0.2, 0.25) is 10.0 Å². The van der Waals surface area contributed by atoms with Crippen molar-refractivity contribution in [2.24, 2.45) is 0 Å². The van der Waals surface area contributed by atoms with E-state index in [0.29, 0.717) is 5.69 Å². The zero-order chi connectivity index (χ0) is 12.9. The van der Waals surface area contributed by atoms with Crippen LogP contribution in [-0.2, 0) is 10.0 Å². The van der Waals surface area contributed by atoms with Crippen LogP contribution in [0.4, 0.5) is 10.1 Å². The summed E-state index contributed by atoms with van der Waals surface area (Å²) in [6.07, 6.45) is 1.05. The van der Waals surface area contributed by atoms with Crippen molar-refractivity contribution in [3.8, 4) is 6.07 Å². The molecule has 5 nitrogen and oxygen atoms in total. The summed E-state index contributed by atoms with van der Waals surface area (Å²) in [7, 11) is -3.23. The third-order valence-corrected chi connectivity index (χ3v) is 2.66. The Hall–Kier alpha value is -1.65. The molecule has 0 spiro atoms. The normalized spacial score (nSPS) is 10.9. The van der Waals surface area contributed by atoms with Crippen LogP contribution in [0.15, 0.2) is 18.2 Å². The molecular formula is C10H12FN3O2S. The number of nitrogens with zero attached hydrogens (tertiary/aromatic N) is 1. The molecule has 0 aliphatic heterocycles. The van der Waals surface area contributed by atoms with Gasteiger partial charge in [-0.3, -0.25) is 0 Å². The van der Waals surface area contributed by atoms with Gasteiger partial charge < -0.3 is 5.32 Å². The van der Waals surface area contributed by atoms with Gasteiger partial charge in [0, 0.05) is 13.1 Å². The number of anilines is 1. The Bertz CT molecular complexity index is 537. The first-order valence-corrected chi connectivity index (χ1v) is 6.70. The fraction of sp³-hybridized carbons (Fsp3) is 0.300. The van der Waals surface area contributed by atoms with Gasteiger partial charge in [0.15, 0.2) is 0 Å². The first-order chi connectivity index (χ1) is 7.94. The second-order valence-corrected chi connectivity index (χ2v) is 5.20. The second-order valence-electron chi connectivity index (χ2n) is 3.37. The molecule has 1 rings (SSSR count). The molecular weight excluding hydrogens is 245 g/mol. The summed E-state index contributed by atoms with van der Waals surface area (Å²) in [5.41, 5.74) is 0.273. The zero-order valence-corrected chi connectivity index (χ0v) is 10.0. The molecule has 0 bridgehead atoms. The van der Waals surface area contributed by atoms with E-state index >= 15 is 0 Å². The highest BCUT2D eigenvalue weighted by molar-refractivity contribution is 7.88. The molecule has 0 aliphatic rings. The summed E-state index contributed by atoms with van der Waals surface area (Å²) in [4.78, 5) is 0. The summed E-state index contributed by atoms with van der Waals surface area (Å²) in [5.74, 6) is -0.603. The third-order valence-electron chi connectivity index (χ3n) is 1.93. The smallest absolute Gasteiger partial charge is 0.208 e. The van der Waals surface area contributed by atoms with Gasteiger partial charge in [-0.05, 0) is 12.1 Å². The van der Waals surface area contributed by atoms with Crippen molar-refractivity contribution in [2.45, 2.75) is 0 Å². The van der Waals surface area contributed by atoms with E-state index in [1.807, 2.05) is 0 Å². The number of hydrogen-bond donors (Lipinski definition) is 2. The Balaban J connectivity index is 2.59. The fourth-order valence-electron chi connectivity index (χ4n) is 1.22. The topological polar surface area (TPSA) is 82.0 Å². The molecule has 0 saturated heterocycles. The molecule has 0 amide bonds. The van der Waals surface area contributed by atoms with E-state index in [1.165, 1.54) is 12.1 Å². The van der Waals surface area contributed by atoms with Gasteiger partial charge in [0.1, 0.15) is 17.4 Å². The molecule has 2 N–H and O–H groups in total. The first kappa shape index (κ1) is 13.4. The molecule has 0 atom stereocenters. The largest absolute Gasteiger partial charge is 0.383 e. The Labute approximate surface area is 99.3 Å². The van der Waals surface area contributed by atoms with E-state index in [4.69, 9.17) is 5.26 Å². The number of benzene rings is 1. The van der Waals surface area contributed by atoms with Crippen molar-refractivity contribution in [1.29, 1.82) is 5.26 Å². The molecule has 0 aromatic heterocycles. The van der Waals surface area contributed by atoms with E-state index in [1.54, 1.807) is 12.1 Å². The highest BCUT2D eigenvalue weighted by Gasteiger charge is 2.07. The lowest BCUT2D eigenvalue weighted by Crippen LogP contribution is -2.27. The average Bonchev–Trinajstić information content (AvgIpc) is 2.23. The Morgan fingerprint density at radius 1 is 1.41 bits per heavy atom. The standard InChI is InChI=1S/C10H12FN3O2S/c1-17(15,16)14-6-5-13-10-4-2-3-9(11)8(10)7-12/h2-4,13-14H,5-6H2,1H3. The van der Waals surface area contributed by atoms with Crippen molar-refractivity contribution < 1.29 is 12.8 Å². The molecule has 17 heavy (non-hydrogen) atoms. The summed E-state index contributed by atoms with van der Waals surface area (Å²) < 4.78 is 37.0. The van der Waals surface area contributed by atoms with Crippen LogP contribution in [0.25, 0.3) is 0 Å². The van der Waals surface area contributed by atoms with Crippen molar-refractivity contribution in [1.82, 2.24) is 4.72 Å². The summed E-state index contributed by atoms with van der Waals surface area (Å²) in [6, 6.07) is 5.97. The summed E-state index contributed by atoms with van der Waals surface area (Å²) in [6.45, 7) is 0.436. The molecule has 0 saturated carbocycles. The highest BCUT2D eigenvalue weighted by Crippen LogP contribution is 2.16. The third kappa shape index (κ3) is 4.38. The van der Waals surface area contributed by atoms with Crippen LogP contribution in [-0.4, -0.2) is 27.8 Å². The van der Waals surface area contributed by atoms with Gasteiger partial charge in [0.25, 0.3) is 0 Å². The van der Waals surface area contributed by atoms with Crippen LogP contribution in [0.2, 0.25) is 0 Å². The van der Waals surface area contributed by atoms with Gasteiger partial charge in [-0.2, -0.15) is 5.26 Å². The van der Waals surface area contributed by atoms with E-state index in [-0.39, 0.29) is 18.7 Å². The molecule has 0 radical (unpaired) electrons. The molecule has 92 valence electrons. The zero-order valence-electron chi connectivity index (χ0n) is 9.20. The summed E-state index contributed by atoms with van der Waals surface area (Å²) in [5, 5.41) is 11.5. The Morgan fingerprint density at radius 3 is 2.71 bits per heavy atom. The van der Waals surface area contributed by atoms with Crippen molar-refractivity contribution >= 4 is 15.7 Å². The van der Waals surface area contributed by atoms with Gasteiger partial charge in [-0.1, -0.05) is 6.07 Å². The first-order valence-electron chi connectivity index (χ1n) is 4.81. The molecule has 0 heterocycles. The lowest BCUT2D eigenvalue weighted by Gasteiger charge is -2.08. The minimum Gasteiger partial charge on any atom is -0.383 e. The fourth-order valence-corrected chi connectivity index (χ4v) is 1.69. The van der Waals surface area contributed by atoms with Crippen molar-refractivity contribution in [2.75, 3.05) is 24.7 Å². The SMILES string of the molecule is CS(=O)(=O)NCCNc1cccc(F)c1C#N. The monoisotopic (exact) mass is 257 g/mol. The van der Waals surface area contributed by atoms with Gasteiger partial charge >= 0.3 is 0 Å². The maximum Gasteiger partial charge on any atom is 0.208 e. The molecule has 1 aromatic carbocycles. The van der Waals surface area contributed by atoms with Crippen LogP contribution < -0.4 is 10.0 Å². The maximum absolute atomic E-state index is 13.2. The van der Waals surface area contributed by atoms with E-state index in [0.717, 1.165) is 6.26 Å². The van der Waals surface area contributed by atoms with E-state index in [9.17, 15) is 12.8 Å². The molecule has 0 unspecified atom stereocenters. The molecule has 7 heteroatoms. The number of nitriles is 1. The minimum atomic E-state index is -3.23. The van der Waals surface area contributed by atoms with Crippen LogP contribution in [0.1, 0.15) is 5.56 Å². The number of hydrogen-bond acceptors (Lipinski definition) is 4.